The van der Waals surface area contributed by atoms with Crippen LogP contribution in [-0.2, 0) is 9.53 Å². The predicted molar refractivity (Wildman–Crippen MR) is 83.4 cm³/mol. The van der Waals surface area contributed by atoms with Crippen molar-refractivity contribution in [2.75, 3.05) is 39.4 Å². The number of rotatable bonds is 3. The summed E-state index contributed by atoms with van der Waals surface area (Å²) in [6.45, 7) is 4.09. The number of amides is 1. The van der Waals surface area contributed by atoms with E-state index in [1.165, 1.54) is 0 Å². The Hall–Kier alpha value is -1.43. The Balaban J connectivity index is 1.81. The van der Waals surface area contributed by atoms with Gasteiger partial charge < -0.3 is 14.7 Å². The minimum atomic E-state index is -0.244. The third-order valence-electron chi connectivity index (χ3n) is 4.54. The second-order valence-electron chi connectivity index (χ2n) is 6.02. The maximum absolute atomic E-state index is 13.0. The number of benzene rings is 1. The van der Waals surface area contributed by atoms with Crippen LogP contribution >= 0.6 is 0 Å². The number of carbonyl (C=O) groups excluding carboxylic acids is 1. The highest BCUT2D eigenvalue weighted by Gasteiger charge is 2.33. The highest BCUT2D eigenvalue weighted by Crippen LogP contribution is 2.27. The molecule has 2 aliphatic rings. The van der Waals surface area contributed by atoms with Crippen LogP contribution < -0.4 is 0 Å². The molecule has 1 amide bonds. The maximum Gasteiger partial charge on any atom is 0.244 e. The fraction of sp³-hybridized carbons (Fsp3) is 0.588. The highest BCUT2D eigenvalue weighted by molar-refractivity contribution is 5.83. The molecule has 2 saturated heterocycles. The molecule has 5 heteroatoms. The largest absolute Gasteiger partial charge is 0.393 e. The van der Waals surface area contributed by atoms with Crippen LogP contribution in [0.1, 0.15) is 24.4 Å². The normalized spacial score (nSPS) is 22.5. The summed E-state index contributed by atoms with van der Waals surface area (Å²) in [4.78, 5) is 17.2. The van der Waals surface area contributed by atoms with Gasteiger partial charge in [0.25, 0.3) is 0 Å². The van der Waals surface area contributed by atoms with Crippen LogP contribution in [0.2, 0.25) is 0 Å². The molecular weight excluding hydrogens is 280 g/mol. The minimum absolute atomic E-state index is 0.158. The monoisotopic (exact) mass is 304 g/mol. The summed E-state index contributed by atoms with van der Waals surface area (Å²) in [5.41, 5.74) is 1.04. The van der Waals surface area contributed by atoms with Crippen molar-refractivity contribution in [3.8, 4) is 0 Å². The summed E-state index contributed by atoms with van der Waals surface area (Å²) in [7, 11) is 0. The zero-order valence-electron chi connectivity index (χ0n) is 12.9. The fourth-order valence-electron chi connectivity index (χ4n) is 3.25. The molecular formula is C17H24N2O3. The average Bonchev–Trinajstić information content (AvgIpc) is 2.58. The Kier molecular flexibility index (Phi) is 5.08. The molecule has 0 spiro atoms. The number of piperidine rings is 1. The zero-order valence-corrected chi connectivity index (χ0v) is 12.9. The van der Waals surface area contributed by atoms with E-state index in [-0.39, 0.29) is 18.1 Å². The topological polar surface area (TPSA) is 53.0 Å². The van der Waals surface area contributed by atoms with E-state index in [2.05, 4.69) is 4.90 Å². The van der Waals surface area contributed by atoms with Crippen molar-refractivity contribution in [1.29, 1.82) is 0 Å². The van der Waals surface area contributed by atoms with E-state index in [1.807, 2.05) is 35.2 Å². The average molecular weight is 304 g/mol. The van der Waals surface area contributed by atoms with Gasteiger partial charge in [0.15, 0.2) is 0 Å². The number of aliphatic hydroxyl groups is 1. The lowest BCUT2D eigenvalue weighted by Crippen LogP contribution is -2.49. The molecule has 3 rings (SSSR count). The predicted octanol–water partition coefficient (Wildman–Crippen LogP) is 1.04. The van der Waals surface area contributed by atoms with Crippen molar-refractivity contribution in [3.05, 3.63) is 35.9 Å². The van der Waals surface area contributed by atoms with Crippen LogP contribution in [0.5, 0.6) is 0 Å². The van der Waals surface area contributed by atoms with Crippen molar-refractivity contribution < 1.29 is 14.6 Å². The third-order valence-corrected chi connectivity index (χ3v) is 4.54. The van der Waals surface area contributed by atoms with Crippen molar-refractivity contribution in [3.63, 3.8) is 0 Å². The van der Waals surface area contributed by atoms with Crippen LogP contribution in [0.25, 0.3) is 0 Å². The van der Waals surface area contributed by atoms with Gasteiger partial charge in [-0.25, -0.2) is 0 Å². The van der Waals surface area contributed by atoms with E-state index in [4.69, 9.17) is 4.74 Å². The van der Waals surface area contributed by atoms with E-state index < -0.39 is 0 Å². The molecule has 2 fully saturated rings. The highest BCUT2D eigenvalue weighted by atomic mass is 16.5. The molecule has 1 aromatic carbocycles. The Morgan fingerprint density at radius 3 is 2.36 bits per heavy atom. The standard InChI is InChI=1S/C17H24N2O3/c20-15-6-8-18(9-7-15)16(14-4-2-1-3-5-14)17(21)19-10-12-22-13-11-19/h1-5,15-16,20H,6-13H2. The van der Waals surface area contributed by atoms with Gasteiger partial charge in [-0.2, -0.15) is 0 Å². The molecule has 120 valence electrons. The lowest BCUT2D eigenvalue weighted by molar-refractivity contribution is -0.142. The van der Waals surface area contributed by atoms with Crippen molar-refractivity contribution in [2.45, 2.75) is 25.0 Å². The van der Waals surface area contributed by atoms with E-state index in [0.29, 0.717) is 26.3 Å². The minimum Gasteiger partial charge on any atom is -0.393 e. The number of nitrogens with zero attached hydrogens (tertiary/aromatic N) is 2. The molecule has 2 aliphatic heterocycles. The molecule has 0 aromatic heterocycles. The van der Waals surface area contributed by atoms with E-state index in [0.717, 1.165) is 31.5 Å². The van der Waals surface area contributed by atoms with Crippen LogP contribution in [0.4, 0.5) is 0 Å². The number of ether oxygens (including phenoxy) is 1. The van der Waals surface area contributed by atoms with Gasteiger partial charge in [-0.05, 0) is 18.4 Å². The van der Waals surface area contributed by atoms with Crippen LogP contribution in [0.15, 0.2) is 30.3 Å². The smallest absolute Gasteiger partial charge is 0.244 e. The van der Waals surface area contributed by atoms with E-state index >= 15 is 0 Å². The molecule has 0 radical (unpaired) electrons. The first-order valence-electron chi connectivity index (χ1n) is 8.09. The summed E-state index contributed by atoms with van der Waals surface area (Å²) in [6, 6.07) is 9.73. The van der Waals surface area contributed by atoms with Crippen LogP contribution in [0.3, 0.4) is 0 Å². The molecule has 1 unspecified atom stereocenters. The Bertz CT molecular complexity index is 480. The second kappa shape index (κ2) is 7.22. The Morgan fingerprint density at radius 2 is 1.73 bits per heavy atom. The Morgan fingerprint density at radius 1 is 1.09 bits per heavy atom. The van der Waals surface area contributed by atoms with Crippen molar-refractivity contribution in [1.82, 2.24) is 9.80 Å². The molecule has 0 bridgehead atoms. The zero-order chi connectivity index (χ0) is 15.4. The van der Waals surface area contributed by atoms with Gasteiger partial charge in [0, 0.05) is 26.2 Å². The summed E-state index contributed by atoms with van der Waals surface area (Å²) < 4.78 is 5.35. The van der Waals surface area contributed by atoms with Gasteiger partial charge >= 0.3 is 0 Å². The second-order valence-corrected chi connectivity index (χ2v) is 6.02. The Labute approximate surface area is 131 Å². The molecule has 2 heterocycles. The summed E-state index contributed by atoms with van der Waals surface area (Å²) in [5, 5.41) is 9.73. The number of carbonyl (C=O) groups is 1. The third kappa shape index (κ3) is 3.48. The van der Waals surface area contributed by atoms with Gasteiger partial charge in [0.1, 0.15) is 6.04 Å². The molecule has 1 atom stereocenters. The first-order chi connectivity index (χ1) is 10.8. The first kappa shape index (κ1) is 15.5. The van der Waals surface area contributed by atoms with E-state index in [9.17, 15) is 9.90 Å². The first-order valence-corrected chi connectivity index (χ1v) is 8.09. The van der Waals surface area contributed by atoms with Gasteiger partial charge in [0.2, 0.25) is 5.91 Å². The number of aliphatic hydroxyl groups excluding tert-OH is 1. The molecule has 1 N–H and O–H groups in total. The van der Waals surface area contributed by atoms with Gasteiger partial charge in [-0.15, -0.1) is 0 Å². The molecule has 1 aromatic rings. The van der Waals surface area contributed by atoms with Crippen molar-refractivity contribution >= 4 is 5.91 Å². The van der Waals surface area contributed by atoms with Crippen molar-refractivity contribution in [2.24, 2.45) is 0 Å². The molecule has 5 nitrogen and oxygen atoms in total. The molecule has 22 heavy (non-hydrogen) atoms. The number of hydrogen-bond acceptors (Lipinski definition) is 4. The maximum atomic E-state index is 13.0. The van der Waals surface area contributed by atoms with Crippen LogP contribution in [0, 0.1) is 0 Å². The van der Waals surface area contributed by atoms with Gasteiger partial charge in [-0.1, -0.05) is 30.3 Å². The van der Waals surface area contributed by atoms with Crippen LogP contribution in [-0.4, -0.2) is 66.3 Å². The summed E-state index contributed by atoms with van der Waals surface area (Å²) in [6.07, 6.45) is 1.24. The lowest BCUT2D eigenvalue weighted by Gasteiger charge is -2.39. The van der Waals surface area contributed by atoms with Gasteiger partial charge in [0.05, 0.1) is 19.3 Å². The fourth-order valence-corrected chi connectivity index (χ4v) is 3.25. The summed E-state index contributed by atoms with van der Waals surface area (Å²) in [5.74, 6) is 0.158. The lowest BCUT2D eigenvalue weighted by atomic mass is 9.99. The number of likely N-dealkylation sites (tertiary alicyclic amines) is 1. The van der Waals surface area contributed by atoms with Gasteiger partial charge in [-0.3, -0.25) is 9.69 Å². The number of hydrogen-bond donors (Lipinski definition) is 1. The molecule has 0 saturated carbocycles. The van der Waals surface area contributed by atoms with E-state index in [1.54, 1.807) is 0 Å². The quantitative estimate of drug-likeness (QED) is 0.907. The summed E-state index contributed by atoms with van der Waals surface area (Å²) >= 11 is 0. The number of morpholine rings is 1. The molecule has 0 aliphatic carbocycles. The SMILES string of the molecule is O=C(C(c1ccccc1)N1CCC(O)CC1)N1CCOCC1.